The van der Waals surface area contributed by atoms with Crippen LogP contribution in [0.25, 0.3) is 0 Å². The Morgan fingerprint density at radius 1 is 1.24 bits per heavy atom. The normalized spacial score (nSPS) is 25.0. The summed E-state index contributed by atoms with van der Waals surface area (Å²) >= 11 is 0. The van der Waals surface area contributed by atoms with Gasteiger partial charge in [0.15, 0.2) is 0 Å². The third-order valence-corrected chi connectivity index (χ3v) is 5.19. The summed E-state index contributed by atoms with van der Waals surface area (Å²) in [6.45, 7) is 2.51. The second-order valence-corrected chi connectivity index (χ2v) is 6.66. The molecule has 2 fully saturated rings. The van der Waals surface area contributed by atoms with Gasteiger partial charge in [-0.05, 0) is 44.7 Å². The summed E-state index contributed by atoms with van der Waals surface area (Å²) in [7, 11) is 0. The van der Waals surface area contributed by atoms with Gasteiger partial charge in [0.25, 0.3) is 0 Å². The number of hydrogen-bond donors (Lipinski definition) is 1. The molecule has 1 aromatic heterocycles. The Balaban J connectivity index is 1.47. The van der Waals surface area contributed by atoms with Crippen LogP contribution in [-0.2, 0) is 0 Å². The number of benzene rings is 1. The van der Waals surface area contributed by atoms with Crippen LogP contribution in [0.4, 0.5) is 10.5 Å². The second kappa shape index (κ2) is 6.74. The van der Waals surface area contributed by atoms with Gasteiger partial charge < -0.3 is 15.0 Å². The van der Waals surface area contributed by atoms with Gasteiger partial charge in [0.05, 0.1) is 24.5 Å². The number of carbonyl (C=O) groups excluding carboxylic acids is 1. The summed E-state index contributed by atoms with van der Waals surface area (Å²) in [5.74, 6) is 0.711. The molecule has 7 nitrogen and oxygen atoms in total. The molecule has 3 heterocycles. The molecule has 4 rings (SSSR count). The van der Waals surface area contributed by atoms with Crippen molar-refractivity contribution in [1.82, 2.24) is 19.9 Å². The van der Waals surface area contributed by atoms with E-state index >= 15 is 0 Å². The van der Waals surface area contributed by atoms with Gasteiger partial charge in [-0.2, -0.15) is 0 Å². The van der Waals surface area contributed by atoms with Gasteiger partial charge in [0.1, 0.15) is 5.75 Å². The van der Waals surface area contributed by atoms with Crippen LogP contribution in [0.2, 0.25) is 0 Å². The number of para-hydroxylation sites is 2. The van der Waals surface area contributed by atoms with Crippen molar-refractivity contribution in [3.8, 4) is 5.75 Å². The van der Waals surface area contributed by atoms with Crippen molar-refractivity contribution < 1.29 is 9.53 Å². The van der Waals surface area contributed by atoms with Crippen molar-refractivity contribution in [2.24, 2.45) is 0 Å². The van der Waals surface area contributed by atoms with Gasteiger partial charge in [-0.15, -0.1) is 5.10 Å². The SMILES string of the molecule is CCOc1ccccc1NC(=O)N1C2CCC1CC(n1ccnn1)C2. The molecule has 2 bridgehead atoms. The Bertz CT molecular complexity index is 719. The average molecular weight is 341 g/mol. The molecule has 7 heteroatoms. The minimum atomic E-state index is -0.0308. The monoisotopic (exact) mass is 341 g/mol. The summed E-state index contributed by atoms with van der Waals surface area (Å²) in [6, 6.07) is 8.39. The highest BCUT2D eigenvalue weighted by Crippen LogP contribution is 2.41. The van der Waals surface area contributed by atoms with E-state index in [0.717, 1.165) is 31.4 Å². The van der Waals surface area contributed by atoms with E-state index in [9.17, 15) is 4.79 Å². The predicted molar refractivity (Wildman–Crippen MR) is 93.6 cm³/mol. The maximum absolute atomic E-state index is 12.9. The number of piperidine rings is 1. The lowest BCUT2D eigenvalue weighted by atomic mass is 9.98. The molecule has 1 N–H and O–H groups in total. The molecule has 2 atom stereocenters. The van der Waals surface area contributed by atoms with Crippen molar-refractivity contribution in [2.45, 2.75) is 50.7 Å². The minimum absolute atomic E-state index is 0.0308. The second-order valence-electron chi connectivity index (χ2n) is 6.66. The lowest BCUT2D eigenvalue weighted by Gasteiger charge is -2.38. The lowest BCUT2D eigenvalue weighted by Crippen LogP contribution is -2.48. The van der Waals surface area contributed by atoms with E-state index < -0.39 is 0 Å². The summed E-state index contributed by atoms with van der Waals surface area (Å²) in [5.41, 5.74) is 0.729. The lowest BCUT2D eigenvalue weighted by molar-refractivity contribution is 0.129. The minimum Gasteiger partial charge on any atom is -0.492 e. The summed E-state index contributed by atoms with van der Waals surface area (Å²) in [4.78, 5) is 14.9. The molecule has 0 spiro atoms. The van der Waals surface area contributed by atoms with Crippen molar-refractivity contribution in [2.75, 3.05) is 11.9 Å². The van der Waals surface area contributed by atoms with E-state index in [4.69, 9.17) is 4.74 Å². The largest absolute Gasteiger partial charge is 0.492 e. The molecular weight excluding hydrogens is 318 g/mol. The highest BCUT2D eigenvalue weighted by Gasteiger charge is 2.44. The fraction of sp³-hybridized carbons (Fsp3) is 0.500. The number of rotatable bonds is 4. The molecular formula is C18H23N5O2. The number of anilines is 1. The third-order valence-electron chi connectivity index (χ3n) is 5.19. The average Bonchev–Trinajstić information content (AvgIpc) is 3.24. The van der Waals surface area contributed by atoms with Crippen molar-refractivity contribution >= 4 is 11.7 Å². The van der Waals surface area contributed by atoms with Gasteiger partial charge in [-0.3, -0.25) is 0 Å². The Labute approximate surface area is 147 Å². The zero-order valence-electron chi connectivity index (χ0n) is 14.3. The predicted octanol–water partition coefficient (Wildman–Crippen LogP) is 3.08. The number of nitrogens with zero attached hydrogens (tertiary/aromatic N) is 4. The molecule has 0 aliphatic carbocycles. The summed E-state index contributed by atoms with van der Waals surface area (Å²) < 4.78 is 7.54. The third kappa shape index (κ3) is 3.06. The summed E-state index contributed by atoms with van der Waals surface area (Å²) in [6.07, 6.45) is 7.59. The summed E-state index contributed by atoms with van der Waals surface area (Å²) in [5, 5.41) is 11.1. The molecule has 25 heavy (non-hydrogen) atoms. The number of nitrogens with one attached hydrogen (secondary N) is 1. The molecule has 2 aliphatic heterocycles. The number of aromatic nitrogens is 3. The number of amides is 2. The molecule has 2 saturated heterocycles. The van der Waals surface area contributed by atoms with Crippen LogP contribution in [0.1, 0.15) is 38.6 Å². The highest BCUT2D eigenvalue weighted by atomic mass is 16.5. The number of fused-ring (bicyclic) bond motifs is 2. The Kier molecular flexibility index (Phi) is 4.29. The fourth-order valence-corrected chi connectivity index (χ4v) is 4.14. The maximum Gasteiger partial charge on any atom is 0.322 e. The Morgan fingerprint density at radius 3 is 2.68 bits per heavy atom. The van der Waals surface area contributed by atoms with Crippen molar-refractivity contribution in [1.29, 1.82) is 0 Å². The zero-order valence-corrected chi connectivity index (χ0v) is 14.3. The first-order valence-corrected chi connectivity index (χ1v) is 8.93. The molecule has 2 aliphatic rings. The fourth-order valence-electron chi connectivity index (χ4n) is 4.14. The first-order chi connectivity index (χ1) is 12.3. The smallest absolute Gasteiger partial charge is 0.322 e. The van der Waals surface area contributed by atoms with Crippen LogP contribution in [-0.4, -0.2) is 44.6 Å². The van der Waals surface area contributed by atoms with E-state index in [1.807, 2.05) is 47.0 Å². The van der Waals surface area contributed by atoms with Gasteiger partial charge >= 0.3 is 6.03 Å². The van der Waals surface area contributed by atoms with Crippen LogP contribution in [0.3, 0.4) is 0 Å². The van der Waals surface area contributed by atoms with Crippen molar-refractivity contribution in [3.05, 3.63) is 36.7 Å². The molecule has 2 unspecified atom stereocenters. The van der Waals surface area contributed by atoms with Crippen LogP contribution < -0.4 is 10.1 Å². The highest BCUT2D eigenvalue weighted by molar-refractivity contribution is 5.91. The standard InChI is InChI=1S/C18H23N5O2/c1-2-25-17-6-4-3-5-16(17)20-18(24)23-13-7-8-14(23)12-15(11-13)22-10-9-19-21-22/h3-6,9-10,13-15H,2,7-8,11-12H2,1H3,(H,20,24). The molecule has 1 aromatic carbocycles. The van der Waals surface area contributed by atoms with Crippen LogP contribution in [0.5, 0.6) is 5.75 Å². The van der Waals surface area contributed by atoms with Crippen LogP contribution >= 0.6 is 0 Å². The Morgan fingerprint density at radius 2 is 2.00 bits per heavy atom. The van der Waals surface area contributed by atoms with Gasteiger partial charge in [0, 0.05) is 18.3 Å². The van der Waals surface area contributed by atoms with Gasteiger partial charge in [-0.1, -0.05) is 17.3 Å². The molecule has 0 saturated carbocycles. The van der Waals surface area contributed by atoms with Gasteiger partial charge in [-0.25, -0.2) is 9.48 Å². The quantitative estimate of drug-likeness (QED) is 0.927. The van der Waals surface area contributed by atoms with E-state index in [-0.39, 0.29) is 18.1 Å². The topological polar surface area (TPSA) is 72.3 Å². The molecule has 0 radical (unpaired) electrons. The van der Waals surface area contributed by atoms with E-state index in [1.54, 1.807) is 6.20 Å². The van der Waals surface area contributed by atoms with E-state index in [2.05, 4.69) is 15.6 Å². The zero-order chi connectivity index (χ0) is 17.2. The number of urea groups is 1. The van der Waals surface area contributed by atoms with Crippen LogP contribution in [0, 0.1) is 0 Å². The van der Waals surface area contributed by atoms with E-state index in [0.29, 0.717) is 18.4 Å². The number of ether oxygens (including phenoxy) is 1. The molecule has 132 valence electrons. The van der Waals surface area contributed by atoms with Crippen molar-refractivity contribution in [3.63, 3.8) is 0 Å². The maximum atomic E-state index is 12.9. The first-order valence-electron chi connectivity index (χ1n) is 8.93. The van der Waals surface area contributed by atoms with Gasteiger partial charge in [0.2, 0.25) is 0 Å². The first kappa shape index (κ1) is 15.9. The molecule has 2 amide bonds. The van der Waals surface area contributed by atoms with E-state index in [1.165, 1.54) is 0 Å². The number of carbonyl (C=O) groups is 1. The van der Waals surface area contributed by atoms with Crippen LogP contribution in [0.15, 0.2) is 36.7 Å². The number of hydrogen-bond acceptors (Lipinski definition) is 4. The molecule has 2 aromatic rings. The Hall–Kier alpha value is -2.57.